The zero-order valence-corrected chi connectivity index (χ0v) is 11.9. The van der Waals surface area contributed by atoms with Crippen molar-refractivity contribution < 1.29 is 32.6 Å². The molecule has 1 fully saturated rings. The Kier molecular flexibility index (Phi) is 4.84. The molecule has 0 aromatic heterocycles. The van der Waals surface area contributed by atoms with Crippen LogP contribution >= 0.6 is 11.8 Å². The minimum Gasteiger partial charge on any atom is -0.480 e. The number of ether oxygens (including phenoxy) is 1. The largest absolute Gasteiger partial charge is 0.573 e. The molecular formula is C13H12F3NO4S. The fourth-order valence-corrected chi connectivity index (χ4v) is 3.10. The first-order chi connectivity index (χ1) is 10.2. The molecule has 2 rings (SSSR count). The summed E-state index contributed by atoms with van der Waals surface area (Å²) in [4.78, 5) is 22.6. The Balaban J connectivity index is 1.94. The van der Waals surface area contributed by atoms with Crippen LogP contribution in [0.2, 0.25) is 0 Å². The van der Waals surface area contributed by atoms with Crippen molar-refractivity contribution in [3.8, 4) is 5.75 Å². The predicted octanol–water partition coefficient (Wildman–Crippen LogP) is 1.81. The van der Waals surface area contributed by atoms with Crippen LogP contribution in [0.4, 0.5) is 13.2 Å². The highest BCUT2D eigenvalue weighted by Gasteiger charge is 2.33. The van der Waals surface area contributed by atoms with Crippen LogP contribution in [0.15, 0.2) is 24.3 Å². The number of amides is 1. The van der Waals surface area contributed by atoms with Crippen LogP contribution in [0.3, 0.4) is 0 Å². The topological polar surface area (TPSA) is 75.6 Å². The highest BCUT2D eigenvalue weighted by Crippen LogP contribution is 2.25. The second-order valence-electron chi connectivity index (χ2n) is 4.62. The molecule has 2 atom stereocenters. The molecule has 120 valence electrons. The number of hydrogen-bond donors (Lipinski definition) is 2. The third-order valence-corrected chi connectivity index (χ3v) is 4.26. The maximum atomic E-state index is 12.0. The Labute approximate surface area is 127 Å². The minimum absolute atomic E-state index is 0.251. The molecule has 5 nitrogen and oxygen atoms in total. The number of carbonyl (C=O) groups is 2. The van der Waals surface area contributed by atoms with Gasteiger partial charge in [0.2, 0.25) is 5.91 Å². The van der Waals surface area contributed by atoms with Gasteiger partial charge >= 0.3 is 12.3 Å². The first kappa shape index (κ1) is 16.5. The van der Waals surface area contributed by atoms with Crippen LogP contribution in [-0.4, -0.2) is 40.4 Å². The molecule has 1 saturated heterocycles. The summed E-state index contributed by atoms with van der Waals surface area (Å²) in [6.45, 7) is 0. The van der Waals surface area contributed by atoms with E-state index in [0.717, 1.165) is 0 Å². The van der Waals surface area contributed by atoms with Gasteiger partial charge in [-0.1, -0.05) is 12.1 Å². The van der Waals surface area contributed by atoms with Gasteiger partial charge in [0.25, 0.3) is 0 Å². The molecule has 0 unspecified atom stereocenters. The number of carboxylic acids is 1. The summed E-state index contributed by atoms with van der Waals surface area (Å²) in [5.41, 5.74) is 0.663. The fraction of sp³-hybridized carbons (Fsp3) is 0.385. The summed E-state index contributed by atoms with van der Waals surface area (Å²) in [7, 11) is 0. The minimum atomic E-state index is -4.74. The lowest BCUT2D eigenvalue weighted by molar-refractivity contribution is -0.274. The molecular weight excluding hydrogens is 323 g/mol. The van der Waals surface area contributed by atoms with Crippen molar-refractivity contribution in [1.82, 2.24) is 5.32 Å². The van der Waals surface area contributed by atoms with Crippen molar-refractivity contribution in [2.45, 2.75) is 24.1 Å². The van der Waals surface area contributed by atoms with Gasteiger partial charge in [0.1, 0.15) is 11.8 Å². The van der Waals surface area contributed by atoms with Crippen LogP contribution in [0.1, 0.15) is 5.56 Å². The molecule has 0 saturated carbocycles. The van der Waals surface area contributed by atoms with Crippen LogP contribution in [0.5, 0.6) is 5.75 Å². The zero-order chi connectivity index (χ0) is 16.3. The normalized spacial score (nSPS) is 22.0. The maximum absolute atomic E-state index is 12.0. The van der Waals surface area contributed by atoms with E-state index in [4.69, 9.17) is 5.11 Å². The summed E-state index contributed by atoms with van der Waals surface area (Å²) in [6.07, 6.45) is -4.44. The molecule has 0 aliphatic carbocycles. The van der Waals surface area contributed by atoms with Gasteiger partial charge in [0, 0.05) is 5.75 Å². The lowest BCUT2D eigenvalue weighted by Crippen LogP contribution is -2.51. The van der Waals surface area contributed by atoms with Crippen molar-refractivity contribution in [3.63, 3.8) is 0 Å². The highest BCUT2D eigenvalue weighted by molar-refractivity contribution is 8.00. The van der Waals surface area contributed by atoms with Gasteiger partial charge in [-0.05, 0) is 24.1 Å². The molecule has 22 heavy (non-hydrogen) atoms. The van der Waals surface area contributed by atoms with E-state index < -0.39 is 23.6 Å². The summed E-state index contributed by atoms with van der Waals surface area (Å²) in [5, 5.41) is 10.7. The standard InChI is InChI=1S/C13H12F3NO4S/c14-13(15,16)21-8-3-1-7(2-4-8)5-10-11(18)17-9(6-22-10)12(19)20/h1-4,9-10H,5-6H2,(H,17,18)(H,19,20)/t9-,10-/m0/s1. The summed E-state index contributed by atoms with van der Waals surface area (Å²) < 4.78 is 39.9. The number of alkyl halides is 3. The first-order valence-corrected chi connectivity index (χ1v) is 7.29. The quantitative estimate of drug-likeness (QED) is 0.878. The molecule has 1 aliphatic rings. The van der Waals surface area contributed by atoms with Crippen LogP contribution in [0.25, 0.3) is 0 Å². The number of rotatable bonds is 4. The van der Waals surface area contributed by atoms with Crippen molar-refractivity contribution in [2.24, 2.45) is 0 Å². The maximum Gasteiger partial charge on any atom is 0.573 e. The van der Waals surface area contributed by atoms with Gasteiger partial charge in [-0.15, -0.1) is 24.9 Å². The Morgan fingerprint density at radius 3 is 2.50 bits per heavy atom. The number of nitrogens with one attached hydrogen (secondary N) is 1. The Bertz CT molecular complexity index is 561. The Hall–Kier alpha value is -1.90. The summed E-state index contributed by atoms with van der Waals surface area (Å²) >= 11 is 1.21. The van der Waals surface area contributed by atoms with Crippen molar-refractivity contribution in [3.05, 3.63) is 29.8 Å². The number of carboxylic acid groups (broad SMARTS) is 1. The van der Waals surface area contributed by atoms with E-state index in [1.165, 1.54) is 36.0 Å². The molecule has 1 amide bonds. The number of benzene rings is 1. The molecule has 1 aromatic carbocycles. The SMILES string of the molecule is O=C(O)[C@@H]1CS[C@@H](Cc2ccc(OC(F)(F)F)cc2)C(=O)N1. The van der Waals surface area contributed by atoms with E-state index in [1.807, 2.05) is 0 Å². The second kappa shape index (κ2) is 6.47. The van der Waals surface area contributed by atoms with E-state index in [1.54, 1.807) is 0 Å². The van der Waals surface area contributed by atoms with Gasteiger partial charge in [0.05, 0.1) is 5.25 Å². The van der Waals surface area contributed by atoms with Gasteiger partial charge in [-0.2, -0.15) is 0 Å². The van der Waals surface area contributed by atoms with Crippen molar-refractivity contribution in [1.29, 1.82) is 0 Å². The van der Waals surface area contributed by atoms with Gasteiger partial charge in [-0.3, -0.25) is 4.79 Å². The average molecular weight is 335 g/mol. The predicted molar refractivity (Wildman–Crippen MR) is 72.6 cm³/mol. The van der Waals surface area contributed by atoms with Gasteiger partial charge in [0.15, 0.2) is 0 Å². The monoisotopic (exact) mass is 335 g/mol. The van der Waals surface area contributed by atoms with Gasteiger partial charge < -0.3 is 15.2 Å². The number of carbonyl (C=O) groups excluding carboxylic acids is 1. The molecule has 0 radical (unpaired) electrons. The number of aliphatic carboxylic acids is 1. The third-order valence-electron chi connectivity index (χ3n) is 2.95. The smallest absolute Gasteiger partial charge is 0.480 e. The summed E-state index contributed by atoms with van der Waals surface area (Å²) in [6, 6.07) is 4.33. The molecule has 1 aromatic rings. The molecule has 2 N–H and O–H groups in total. The molecule has 0 spiro atoms. The second-order valence-corrected chi connectivity index (χ2v) is 5.85. The van der Waals surface area contributed by atoms with E-state index in [2.05, 4.69) is 10.1 Å². The summed E-state index contributed by atoms with van der Waals surface area (Å²) in [5.74, 6) is -1.56. The number of thioether (sulfide) groups is 1. The van der Waals surface area contributed by atoms with Crippen LogP contribution < -0.4 is 10.1 Å². The van der Waals surface area contributed by atoms with Gasteiger partial charge in [-0.25, -0.2) is 4.79 Å². The first-order valence-electron chi connectivity index (χ1n) is 6.24. The van der Waals surface area contributed by atoms with Crippen LogP contribution in [0, 0.1) is 0 Å². The highest BCUT2D eigenvalue weighted by atomic mass is 32.2. The molecule has 0 bridgehead atoms. The third kappa shape index (κ3) is 4.55. The molecule has 1 aliphatic heterocycles. The van der Waals surface area contributed by atoms with E-state index in [0.29, 0.717) is 12.0 Å². The fourth-order valence-electron chi connectivity index (χ4n) is 1.92. The zero-order valence-electron chi connectivity index (χ0n) is 11.1. The van der Waals surface area contributed by atoms with Crippen molar-refractivity contribution >= 4 is 23.6 Å². The van der Waals surface area contributed by atoms with Crippen LogP contribution in [-0.2, 0) is 16.0 Å². The van der Waals surface area contributed by atoms with E-state index >= 15 is 0 Å². The average Bonchev–Trinajstić information content (AvgIpc) is 2.41. The van der Waals surface area contributed by atoms with Crippen molar-refractivity contribution in [2.75, 3.05) is 5.75 Å². The number of hydrogen-bond acceptors (Lipinski definition) is 4. The molecule has 9 heteroatoms. The van der Waals surface area contributed by atoms with E-state index in [-0.39, 0.29) is 17.4 Å². The lowest BCUT2D eigenvalue weighted by Gasteiger charge is -2.26. The molecule has 1 heterocycles. The Morgan fingerprint density at radius 2 is 2.00 bits per heavy atom. The van der Waals surface area contributed by atoms with E-state index in [9.17, 15) is 22.8 Å². The Morgan fingerprint density at radius 1 is 1.36 bits per heavy atom. The number of halogens is 3. The lowest BCUT2D eigenvalue weighted by atomic mass is 10.1.